The van der Waals surface area contributed by atoms with Crippen LogP contribution in [0.25, 0.3) is 10.9 Å². The average Bonchev–Trinajstić information content (AvgIpc) is 2.66. The van der Waals surface area contributed by atoms with Crippen LogP contribution in [0.2, 0.25) is 0 Å². The van der Waals surface area contributed by atoms with Gasteiger partial charge in [-0.15, -0.1) is 0 Å². The van der Waals surface area contributed by atoms with Gasteiger partial charge in [-0.1, -0.05) is 0 Å². The van der Waals surface area contributed by atoms with E-state index in [1.54, 1.807) is 0 Å². The zero-order valence-corrected chi connectivity index (χ0v) is 9.55. The molecule has 1 aromatic heterocycles. The largest absolute Gasteiger partial charge is 0.464 e. The van der Waals surface area contributed by atoms with Crippen LogP contribution in [-0.2, 0) is 9.97 Å². The average molecular weight is 238 g/mol. The van der Waals surface area contributed by atoms with E-state index in [-0.39, 0.29) is 11.2 Å². The van der Waals surface area contributed by atoms with Crippen LogP contribution in [0.15, 0.2) is 18.2 Å². The summed E-state index contributed by atoms with van der Waals surface area (Å²) in [6.07, 6.45) is 0. The number of hydrogen-bond acceptors (Lipinski definition) is 3. The van der Waals surface area contributed by atoms with Crippen LogP contribution in [-0.4, -0.2) is 46.4 Å². The second kappa shape index (κ2) is 4.19. The second-order valence-electron chi connectivity index (χ2n) is 3.80. The van der Waals surface area contributed by atoms with Crippen molar-refractivity contribution >= 4 is 40.4 Å². The van der Waals surface area contributed by atoms with Gasteiger partial charge in [0.15, 0.2) is 5.69 Å². The highest BCUT2D eigenvalue weighted by atomic mass is 19.1. The van der Waals surface area contributed by atoms with E-state index >= 15 is 0 Å². The summed E-state index contributed by atoms with van der Waals surface area (Å²) < 4.78 is 18.6. The van der Waals surface area contributed by atoms with E-state index < -0.39 is 17.0 Å². The quantitative estimate of drug-likeness (QED) is 0.547. The molecule has 0 aliphatic heterocycles. The number of rotatable bonds is 2. The molecule has 2 aromatic rings. The van der Waals surface area contributed by atoms with Gasteiger partial charge in [0.2, 0.25) is 0 Å². The van der Waals surface area contributed by atoms with Gasteiger partial charge in [0, 0.05) is 11.5 Å². The maximum atomic E-state index is 13.1. The van der Waals surface area contributed by atoms with Crippen molar-refractivity contribution in [3.05, 3.63) is 29.7 Å². The van der Waals surface area contributed by atoms with E-state index in [1.807, 2.05) is 0 Å². The van der Waals surface area contributed by atoms with E-state index in [0.717, 1.165) is 10.7 Å². The van der Waals surface area contributed by atoms with Gasteiger partial charge in [-0.3, -0.25) is 4.68 Å². The number of benzene rings is 1. The monoisotopic (exact) mass is 238 g/mol. The third-order valence-electron chi connectivity index (χ3n) is 2.38. The number of esters is 1. The molecular formula is C10H6B3FN2O2. The number of fused-ring (bicyclic) bond motifs is 1. The Balaban J connectivity index is 2.80. The molecule has 1 heterocycles. The molecule has 4 nitrogen and oxygen atoms in total. The molecule has 8 heteroatoms. The van der Waals surface area contributed by atoms with Gasteiger partial charge >= 0.3 is 5.97 Å². The zero-order valence-electron chi connectivity index (χ0n) is 9.55. The van der Waals surface area contributed by atoms with Gasteiger partial charge in [0.25, 0.3) is 0 Å². The molecular weight excluding hydrogens is 232 g/mol. The van der Waals surface area contributed by atoms with E-state index in [1.165, 1.54) is 19.2 Å². The fourth-order valence-corrected chi connectivity index (χ4v) is 1.63. The summed E-state index contributed by atoms with van der Waals surface area (Å²) in [6, 6.07) is 3.71. The molecule has 0 amide bonds. The van der Waals surface area contributed by atoms with Crippen molar-refractivity contribution in [3.8, 4) is 0 Å². The van der Waals surface area contributed by atoms with Crippen molar-refractivity contribution in [1.29, 1.82) is 0 Å². The van der Waals surface area contributed by atoms with Gasteiger partial charge in [0.1, 0.15) is 5.82 Å². The van der Waals surface area contributed by atoms with Gasteiger partial charge in [-0.2, -0.15) is 5.10 Å². The highest BCUT2D eigenvalue weighted by Crippen LogP contribution is 2.22. The van der Waals surface area contributed by atoms with Crippen molar-refractivity contribution in [3.63, 3.8) is 0 Å². The summed E-state index contributed by atoms with van der Waals surface area (Å²) in [6.45, 7) is 0. The maximum absolute atomic E-state index is 13.1. The first-order valence-electron chi connectivity index (χ1n) is 4.98. The first-order valence-corrected chi connectivity index (χ1v) is 4.98. The van der Waals surface area contributed by atoms with Crippen molar-refractivity contribution in [1.82, 2.24) is 9.78 Å². The van der Waals surface area contributed by atoms with Crippen molar-refractivity contribution in [2.24, 2.45) is 0 Å². The van der Waals surface area contributed by atoms with Crippen LogP contribution in [0.4, 0.5) is 4.39 Å². The molecule has 84 valence electrons. The number of nitrogens with zero attached hydrogens (tertiary/aromatic N) is 2. The molecule has 0 N–H and O–H groups in total. The van der Waals surface area contributed by atoms with Crippen molar-refractivity contribution < 1.29 is 13.9 Å². The van der Waals surface area contributed by atoms with Crippen LogP contribution < -0.4 is 0 Å². The van der Waals surface area contributed by atoms with Crippen LogP contribution >= 0.6 is 0 Å². The van der Waals surface area contributed by atoms with E-state index in [9.17, 15) is 9.18 Å². The van der Waals surface area contributed by atoms with Crippen LogP contribution in [0.3, 0.4) is 0 Å². The summed E-state index contributed by atoms with van der Waals surface area (Å²) in [5.41, 5.74) is 0.182. The topological polar surface area (TPSA) is 44.1 Å². The maximum Gasteiger partial charge on any atom is 0.356 e. The Morgan fingerprint density at radius 3 is 2.67 bits per heavy atom. The first kappa shape index (κ1) is 12.7. The molecule has 0 saturated heterocycles. The number of carbonyl (C=O) groups is 1. The molecule has 0 aliphatic rings. The summed E-state index contributed by atoms with van der Waals surface area (Å²) in [5.74, 6) is -1.21. The predicted molar refractivity (Wildman–Crippen MR) is 66.3 cm³/mol. The summed E-state index contributed by atoms with van der Waals surface area (Å²) >= 11 is 0. The molecule has 18 heavy (non-hydrogen) atoms. The number of halogens is 1. The minimum Gasteiger partial charge on any atom is -0.464 e. The van der Waals surface area contributed by atoms with Crippen molar-refractivity contribution in [2.75, 3.05) is 7.11 Å². The smallest absolute Gasteiger partial charge is 0.356 e. The number of methoxy groups -OCH3 is 1. The van der Waals surface area contributed by atoms with Crippen LogP contribution in [0, 0.1) is 5.82 Å². The lowest BCUT2D eigenvalue weighted by Crippen LogP contribution is -2.38. The molecule has 1 aromatic carbocycles. The Hall–Kier alpha value is -1.72. The van der Waals surface area contributed by atoms with Gasteiger partial charge < -0.3 is 4.74 Å². The Morgan fingerprint density at radius 1 is 1.44 bits per heavy atom. The highest BCUT2D eigenvalue weighted by Gasteiger charge is 2.25. The van der Waals surface area contributed by atoms with Gasteiger partial charge in [0.05, 0.1) is 36.2 Å². The lowest BCUT2D eigenvalue weighted by molar-refractivity contribution is 0.0589. The van der Waals surface area contributed by atoms with E-state index in [4.69, 9.17) is 23.5 Å². The van der Waals surface area contributed by atoms with Crippen molar-refractivity contribution in [2.45, 2.75) is 5.24 Å². The molecule has 2 rings (SSSR count). The third kappa shape index (κ3) is 2.02. The fraction of sp³-hybridized carbons (Fsp3) is 0.200. The van der Waals surface area contributed by atoms with Crippen LogP contribution in [0.5, 0.6) is 0 Å². The Morgan fingerprint density at radius 2 is 2.11 bits per heavy atom. The minimum absolute atomic E-state index is 0.0278. The lowest BCUT2D eigenvalue weighted by atomic mass is 9.49. The van der Waals surface area contributed by atoms with E-state index in [0.29, 0.717) is 5.39 Å². The normalized spacial score (nSPS) is 11.7. The third-order valence-corrected chi connectivity index (χ3v) is 2.38. The zero-order chi connectivity index (χ0) is 13.5. The standard InChI is InChI=1S/C10H6B3FN2O2/c1-18-9(17)8-6-3-2-5(14)4-7(6)15-16(8)10(11,12)13/h2-4H,1H3. The summed E-state index contributed by atoms with van der Waals surface area (Å²) in [5, 5.41) is 2.38. The van der Waals surface area contributed by atoms with Gasteiger partial charge in [-0.25, -0.2) is 9.18 Å². The summed E-state index contributed by atoms with van der Waals surface area (Å²) in [4.78, 5) is 11.7. The number of carbonyl (C=O) groups excluding carboxylic acids is 1. The SMILES string of the molecule is [B]C([B])([B])n1nc2cc(F)ccc2c1C(=O)OC. The molecule has 0 saturated carbocycles. The van der Waals surface area contributed by atoms with E-state index in [2.05, 4.69) is 9.84 Å². The summed E-state index contributed by atoms with van der Waals surface area (Å²) in [7, 11) is 17.7. The van der Waals surface area contributed by atoms with Gasteiger partial charge in [-0.05, 0) is 17.4 Å². The first-order chi connectivity index (χ1) is 8.34. The number of ether oxygens (including phenoxy) is 1. The molecule has 6 radical (unpaired) electrons. The Kier molecular flexibility index (Phi) is 2.96. The molecule has 0 fully saturated rings. The molecule has 0 atom stereocenters. The molecule has 0 unspecified atom stereocenters. The fourth-order valence-electron chi connectivity index (χ4n) is 1.63. The Bertz CT molecular complexity index is 621. The lowest BCUT2D eigenvalue weighted by Gasteiger charge is -2.23. The molecule has 0 aliphatic carbocycles. The highest BCUT2D eigenvalue weighted by molar-refractivity contribution is 6.56. The van der Waals surface area contributed by atoms with Crippen LogP contribution in [0.1, 0.15) is 10.5 Å². The number of aromatic nitrogens is 2. The molecule has 0 bridgehead atoms. The second-order valence-corrected chi connectivity index (χ2v) is 3.80. The predicted octanol–water partition coefficient (Wildman–Crippen LogP) is 0.0353. The minimum atomic E-state index is -1.89. The molecule has 0 spiro atoms. The number of hydrogen-bond donors (Lipinski definition) is 0. The Labute approximate surface area is 107 Å².